The van der Waals surface area contributed by atoms with Crippen molar-refractivity contribution in [2.24, 2.45) is 0 Å². The summed E-state index contributed by atoms with van der Waals surface area (Å²) in [7, 11) is 0. The first-order valence-electron chi connectivity index (χ1n) is 3.42. The van der Waals surface area contributed by atoms with Crippen molar-refractivity contribution in [1.82, 2.24) is 0 Å². The van der Waals surface area contributed by atoms with E-state index in [0.717, 1.165) is 0 Å². The van der Waals surface area contributed by atoms with E-state index in [1.165, 1.54) is 6.92 Å². The molecule has 0 aliphatic rings. The number of hydrogen-bond acceptors (Lipinski definition) is 3. The van der Waals surface area contributed by atoms with Crippen LogP contribution in [0.5, 0.6) is 0 Å². The largest absolute Gasteiger partial charge is 0.414 e. The maximum Gasteiger partial charge on any atom is 0.414 e. The van der Waals surface area contributed by atoms with Crippen LogP contribution in [0.25, 0.3) is 0 Å². The van der Waals surface area contributed by atoms with Gasteiger partial charge < -0.3 is 14.9 Å². The number of aliphatic hydroxyl groups is 2. The lowest BCUT2D eigenvalue weighted by Gasteiger charge is -2.17. The lowest BCUT2D eigenvalue weighted by atomic mass is 10.2. The average molecular weight is 188 g/mol. The summed E-state index contributed by atoms with van der Waals surface area (Å²) < 4.78 is 39.3. The van der Waals surface area contributed by atoms with Crippen molar-refractivity contribution >= 4 is 0 Å². The van der Waals surface area contributed by atoms with E-state index in [0.29, 0.717) is 0 Å². The van der Waals surface area contributed by atoms with Gasteiger partial charge in [-0.25, -0.2) is 0 Å². The molecule has 0 aromatic rings. The molecule has 0 saturated heterocycles. The highest BCUT2D eigenvalue weighted by Crippen LogP contribution is 2.23. The zero-order valence-corrected chi connectivity index (χ0v) is 6.51. The average Bonchev–Trinajstić information content (AvgIpc) is 1.85. The highest BCUT2D eigenvalue weighted by atomic mass is 19.4. The lowest BCUT2D eigenvalue weighted by molar-refractivity contribution is -0.226. The molecule has 0 amide bonds. The Kier molecular flexibility index (Phi) is 4.51. The van der Waals surface area contributed by atoms with E-state index in [1.807, 2.05) is 0 Å². The van der Waals surface area contributed by atoms with Crippen molar-refractivity contribution in [3.05, 3.63) is 0 Å². The molecule has 0 fully saturated rings. The molecule has 0 aromatic heterocycles. The number of halogens is 3. The van der Waals surface area contributed by atoms with Crippen molar-refractivity contribution in [2.75, 3.05) is 6.61 Å². The summed E-state index contributed by atoms with van der Waals surface area (Å²) in [5, 5.41) is 17.1. The fourth-order valence-electron chi connectivity index (χ4n) is 0.585. The van der Waals surface area contributed by atoms with Gasteiger partial charge in [-0.3, -0.25) is 0 Å². The summed E-state index contributed by atoms with van der Waals surface area (Å²) in [5.41, 5.74) is 0. The van der Waals surface area contributed by atoms with Crippen molar-refractivity contribution in [3.8, 4) is 0 Å². The van der Waals surface area contributed by atoms with Crippen LogP contribution in [-0.2, 0) is 4.74 Å². The molecule has 12 heavy (non-hydrogen) atoms. The first kappa shape index (κ1) is 11.7. The molecule has 0 spiro atoms. The molecule has 0 aromatic carbocycles. The van der Waals surface area contributed by atoms with Crippen LogP contribution >= 0.6 is 0 Å². The van der Waals surface area contributed by atoms with Crippen molar-refractivity contribution in [1.29, 1.82) is 0 Å². The Bertz CT molecular complexity index is 126. The molecular formula is C6H11F3O3. The summed E-state index contributed by atoms with van der Waals surface area (Å²) in [4.78, 5) is 0. The molecule has 2 unspecified atom stereocenters. The van der Waals surface area contributed by atoms with Crippen LogP contribution in [0.2, 0.25) is 0 Å². The van der Waals surface area contributed by atoms with Crippen LogP contribution in [0.4, 0.5) is 13.2 Å². The minimum atomic E-state index is -4.70. The van der Waals surface area contributed by atoms with Gasteiger partial charge in [0.05, 0.1) is 0 Å². The Labute approximate surface area is 67.8 Å². The van der Waals surface area contributed by atoms with Gasteiger partial charge in [-0.1, -0.05) is 0 Å². The zero-order chi connectivity index (χ0) is 9.78. The van der Waals surface area contributed by atoms with Crippen LogP contribution in [-0.4, -0.2) is 35.4 Å². The molecule has 0 heterocycles. The van der Waals surface area contributed by atoms with Gasteiger partial charge in [0.1, 0.15) is 0 Å². The Morgan fingerprint density at radius 3 is 2.17 bits per heavy atom. The van der Waals surface area contributed by atoms with Crippen LogP contribution < -0.4 is 0 Å². The molecule has 0 aliphatic heterocycles. The molecule has 2 atom stereocenters. The molecule has 0 aliphatic carbocycles. The third-order valence-corrected chi connectivity index (χ3v) is 1.16. The Morgan fingerprint density at radius 1 is 1.33 bits per heavy atom. The van der Waals surface area contributed by atoms with E-state index in [1.54, 1.807) is 0 Å². The second-order valence-corrected chi connectivity index (χ2v) is 2.20. The number of ether oxygens (including phenoxy) is 1. The summed E-state index contributed by atoms with van der Waals surface area (Å²) >= 11 is 0. The second-order valence-electron chi connectivity index (χ2n) is 2.20. The number of hydrogen-bond donors (Lipinski definition) is 2. The van der Waals surface area contributed by atoms with E-state index in [2.05, 4.69) is 4.74 Å². The monoisotopic (exact) mass is 188 g/mol. The smallest absolute Gasteiger partial charge is 0.383 e. The van der Waals surface area contributed by atoms with Gasteiger partial charge in [0.2, 0.25) is 0 Å². The van der Waals surface area contributed by atoms with Gasteiger partial charge in [0.15, 0.2) is 12.4 Å². The molecule has 74 valence electrons. The van der Waals surface area contributed by atoms with E-state index in [-0.39, 0.29) is 6.61 Å². The summed E-state index contributed by atoms with van der Waals surface area (Å²) in [6.07, 6.45) is -9.64. The number of rotatable bonds is 4. The first-order chi connectivity index (χ1) is 5.38. The molecule has 0 saturated carbocycles. The summed E-state index contributed by atoms with van der Waals surface area (Å²) in [6.45, 7) is 1.63. The highest BCUT2D eigenvalue weighted by Gasteiger charge is 2.39. The normalized spacial score (nSPS) is 17.5. The number of aliphatic hydroxyl groups excluding tert-OH is 2. The topological polar surface area (TPSA) is 49.7 Å². The minimum absolute atomic E-state index is 0.103. The summed E-state index contributed by atoms with van der Waals surface area (Å²) in [6, 6.07) is 0. The molecule has 0 bridgehead atoms. The van der Waals surface area contributed by atoms with Gasteiger partial charge in [-0.15, -0.1) is 0 Å². The predicted octanol–water partition coefficient (Wildman–Crippen LogP) is 0.655. The van der Waals surface area contributed by atoms with Crippen LogP contribution in [0, 0.1) is 0 Å². The maximum atomic E-state index is 11.6. The first-order valence-corrected chi connectivity index (χ1v) is 3.42. The molecule has 0 rings (SSSR count). The SMILES string of the molecule is CCOC(O)CC(O)C(F)(F)F. The van der Waals surface area contributed by atoms with Crippen molar-refractivity contribution < 1.29 is 28.1 Å². The van der Waals surface area contributed by atoms with Gasteiger partial charge in [-0.05, 0) is 6.92 Å². The van der Waals surface area contributed by atoms with Crippen molar-refractivity contribution in [3.63, 3.8) is 0 Å². The van der Waals surface area contributed by atoms with Gasteiger partial charge >= 0.3 is 6.18 Å². The Hall–Kier alpha value is -0.330. The fourth-order valence-corrected chi connectivity index (χ4v) is 0.585. The second kappa shape index (κ2) is 4.64. The molecule has 0 radical (unpaired) electrons. The van der Waals surface area contributed by atoms with Gasteiger partial charge in [0, 0.05) is 13.0 Å². The van der Waals surface area contributed by atoms with Crippen molar-refractivity contribution in [2.45, 2.75) is 31.9 Å². The third kappa shape index (κ3) is 4.53. The highest BCUT2D eigenvalue weighted by molar-refractivity contribution is 4.65. The zero-order valence-electron chi connectivity index (χ0n) is 6.51. The van der Waals surface area contributed by atoms with Gasteiger partial charge in [-0.2, -0.15) is 13.2 Å². The molecule has 2 N–H and O–H groups in total. The lowest BCUT2D eigenvalue weighted by Crippen LogP contribution is -2.33. The van der Waals surface area contributed by atoms with Gasteiger partial charge in [0.25, 0.3) is 0 Å². The number of alkyl halides is 3. The molecule has 3 nitrogen and oxygen atoms in total. The Balaban J connectivity index is 3.76. The minimum Gasteiger partial charge on any atom is -0.383 e. The van der Waals surface area contributed by atoms with E-state index in [4.69, 9.17) is 10.2 Å². The quantitative estimate of drug-likeness (QED) is 0.637. The molecule has 6 heteroatoms. The predicted molar refractivity (Wildman–Crippen MR) is 34.3 cm³/mol. The standard InChI is InChI=1S/C6H11F3O3/c1-2-12-5(11)3-4(10)6(7,8)9/h4-5,10-11H,2-3H2,1H3. The van der Waals surface area contributed by atoms with E-state index in [9.17, 15) is 13.2 Å². The van der Waals surface area contributed by atoms with Crippen LogP contribution in [0.3, 0.4) is 0 Å². The Morgan fingerprint density at radius 2 is 1.83 bits per heavy atom. The molecular weight excluding hydrogens is 177 g/mol. The summed E-state index contributed by atoms with van der Waals surface area (Å²) in [5.74, 6) is 0. The van der Waals surface area contributed by atoms with E-state index >= 15 is 0 Å². The third-order valence-electron chi connectivity index (χ3n) is 1.16. The van der Waals surface area contributed by atoms with Crippen LogP contribution in [0.15, 0.2) is 0 Å². The van der Waals surface area contributed by atoms with E-state index < -0.39 is 25.0 Å². The van der Waals surface area contributed by atoms with Crippen LogP contribution in [0.1, 0.15) is 13.3 Å². The fraction of sp³-hybridized carbons (Fsp3) is 1.00. The maximum absolute atomic E-state index is 11.6.